The summed E-state index contributed by atoms with van der Waals surface area (Å²) in [6.07, 6.45) is 1.67. The van der Waals surface area contributed by atoms with Crippen LogP contribution in [0.4, 0.5) is 8.78 Å². The molecule has 0 atom stereocenters. The van der Waals surface area contributed by atoms with E-state index in [-0.39, 0.29) is 12.2 Å². The fraction of sp³-hybridized carbons (Fsp3) is 0.444. The Hall–Kier alpha value is -2.44. The summed E-state index contributed by atoms with van der Waals surface area (Å²) in [5.74, 6) is -5.21. The van der Waals surface area contributed by atoms with E-state index >= 15 is 0 Å². The van der Waals surface area contributed by atoms with Crippen LogP contribution in [-0.4, -0.2) is 24.3 Å². The molecule has 7 heteroatoms. The zero-order valence-corrected chi connectivity index (χ0v) is 14.5. The van der Waals surface area contributed by atoms with Crippen molar-refractivity contribution in [2.24, 2.45) is 5.92 Å². The van der Waals surface area contributed by atoms with Gasteiger partial charge in [-0.25, -0.2) is 18.4 Å². The van der Waals surface area contributed by atoms with Crippen LogP contribution in [0.3, 0.4) is 0 Å². The van der Waals surface area contributed by atoms with Crippen LogP contribution in [0, 0.1) is 17.6 Å². The molecule has 0 spiro atoms. The minimum atomic E-state index is -1.38. The number of hydrogen-bond donors (Lipinski definition) is 0. The van der Waals surface area contributed by atoms with E-state index in [9.17, 15) is 18.4 Å². The second-order valence-corrected chi connectivity index (χ2v) is 6.58. The predicted molar refractivity (Wildman–Crippen MR) is 85.5 cm³/mol. The molecule has 0 unspecified atom stereocenters. The molecule has 5 nitrogen and oxygen atoms in total. The van der Waals surface area contributed by atoms with Crippen LogP contribution in [0.25, 0.3) is 6.08 Å². The maximum Gasteiger partial charge on any atom is 0.348 e. The van der Waals surface area contributed by atoms with Crippen molar-refractivity contribution in [2.45, 2.75) is 39.9 Å². The van der Waals surface area contributed by atoms with Crippen LogP contribution in [0.15, 0.2) is 17.7 Å². The van der Waals surface area contributed by atoms with Crippen molar-refractivity contribution < 1.29 is 32.6 Å². The summed E-state index contributed by atoms with van der Waals surface area (Å²) < 4.78 is 43.2. The Balaban J connectivity index is 2.23. The van der Waals surface area contributed by atoms with Crippen LogP contribution in [0.1, 0.15) is 39.7 Å². The molecule has 0 aromatic heterocycles. The van der Waals surface area contributed by atoms with Gasteiger partial charge in [-0.1, -0.05) is 13.8 Å². The molecule has 1 saturated heterocycles. The fourth-order valence-corrected chi connectivity index (χ4v) is 2.14. The number of cyclic esters (lactones) is 2. The first kappa shape index (κ1) is 18.9. The first-order valence-corrected chi connectivity index (χ1v) is 7.89. The van der Waals surface area contributed by atoms with Gasteiger partial charge >= 0.3 is 11.9 Å². The lowest BCUT2D eigenvalue weighted by atomic mass is 10.1. The number of benzene rings is 1. The van der Waals surface area contributed by atoms with Crippen molar-refractivity contribution in [3.8, 4) is 5.75 Å². The molecule has 0 N–H and O–H groups in total. The Morgan fingerprint density at radius 3 is 2.12 bits per heavy atom. The Bertz CT molecular complexity index is 677. The molecule has 1 aliphatic heterocycles. The summed E-state index contributed by atoms with van der Waals surface area (Å²) in [6.45, 7) is 6.92. The molecule has 0 bridgehead atoms. The van der Waals surface area contributed by atoms with E-state index in [2.05, 4.69) is 0 Å². The van der Waals surface area contributed by atoms with Crippen molar-refractivity contribution >= 4 is 18.0 Å². The van der Waals surface area contributed by atoms with Gasteiger partial charge in [-0.2, -0.15) is 0 Å². The Kier molecular flexibility index (Phi) is 5.45. The van der Waals surface area contributed by atoms with Gasteiger partial charge in [0, 0.05) is 13.8 Å². The van der Waals surface area contributed by atoms with Gasteiger partial charge in [0.15, 0.2) is 17.4 Å². The van der Waals surface area contributed by atoms with Crippen LogP contribution in [0.2, 0.25) is 0 Å². The van der Waals surface area contributed by atoms with Crippen molar-refractivity contribution in [3.05, 3.63) is 34.9 Å². The quantitative estimate of drug-likeness (QED) is 0.459. The third-order valence-corrected chi connectivity index (χ3v) is 3.39. The SMILES string of the molecule is CC(C)CCOc1c(F)cc(C=C2C(=O)OC(C)(C)OC2=O)cc1F. The molecular formula is C18H20F2O5. The van der Waals surface area contributed by atoms with Gasteiger partial charge in [-0.15, -0.1) is 0 Å². The number of carbonyl (C=O) groups excluding carboxylic acids is 2. The first-order valence-electron chi connectivity index (χ1n) is 7.89. The summed E-state index contributed by atoms with van der Waals surface area (Å²) in [5, 5.41) is 0. The summed E-state index contributed by atoms with van der Waals surface area (Å²) in [7, 11) is 0. The van der Waals surface area contributed by atoms with E-state index in [1.54, 1.807) is 0 Å². The maximum atomic E-state index is 14.1. The van der Waals surface area contributed by atoms with E-state index in [1.807, 2.05) is 13.8 Å². The zero-order valence-electron chi connectivity index (χ0n) is 14.5. The van der Waals surface area contributed by atoms with E-state index in [0.717, 1.165) is 18.2 Å². The minimum Gasteiger partial charge on any atom is -0.488 e. The fourth-order valence-electron chi connectivity index (χ4n) is 2.14. The lowest BCUT2D eigenvalue weighted by molar-refractivity contribution is -0.222. The third-order valence-electron chi connectivity index (χ3n) is 3.39. The average Bonchev–Trinajstić information content (AvgIpc) is 2.44. The molecule has 25 heavy (non-hydrogen) atoms. The summed E-state index contributed by atoms with van der Waals surface area (Å²) in [5.41, 5.74) is -0.457. The lowest BCUT2D eigenvalue weighted by Gasteiger charge is -2.29. The van der Waals surface area contributed by atoms with Crippen molar-refractivity contribution in [2.75, 3.05) is 6.61 Å². The Morgan fingerprint density at radius 1 is 1.12 bits per heavy atom. The summed E-state index contributed by atoms with van der Waals surface area (Å²) in [6, 6.07) is 1.95. The van der Waals surface area contributed by atoms with Crippen LogP contribution >= 0.6 is 0 Å². The van der Waals surface area contributed by atoms with Gasteiger partial charge in [0.05, 0.1) is 6.61 Å². The highest BCUT2D eigenvalue weighted by atomic mass is 19.1. The van der Waals surface area contributed by atoms with Gasteiger partial charge in [0.2, 0.25) is 0 Å². The van der Waals surface area contributed by atoms with Crippen LogP contribution in [0.5, 0.6) is 5.75 Å². The van der Waals surface area contributed by atoms with Crippen molar-refractivity contribution in [3.63, 3.8) is 0 Å². The molecule has 1 fully saturated rings. The molecule has 1 heterocycles. The van der Waals surface area contributed by atoms with E-state index in [1.165, 1.54) is 13.8 Å². The lowest BCUT2D eigenvalue weighted by Crippen LogP contribution is -2.41. The maximum absolute atomic E-state index is 14.1. The molecule has 0 radical (unpaired) electrons. The summed E-state index contributed by atoms with van der Waals surface area (Å²) in [4.78, 5) is 23.7. The molecule has 0 amide bonds. The monoisotopic (exact) mass is 354 g/mol. The number of esters is 2. The van der Waals surface area contributed by atoms with E-state index in [0.29, 0.717) is 12.3 Å². The van der Waals surface area contributed by atoms with E-state index in [4.69, 9.17) is 14.2 Å². The van der Waals surface area contributed by atoms with Crippen molar-refractivity contribution in [1.82, 2.24) is 0 Å². The molecular weight excluding hydrogens is 334 g/mol. The third kappa shape index (κ3) is 4.78. The zero-order chi connectivity index (χ0) is 18.8. The van der Waals surface area contributed by atoms with Gasteiger partial charge < -0.3 is 14.2 Å². The highest BCUT2D eigenvalue weighted by molar-refractivity contribution is 6.18. The van der Waals surface area contributed by atoms with Gasteiger partial charge in [0.1, 0.15) is 5.57 Å². The second-order valence-electron chi connectivity index (χ2n) is 6.58. The molecule has 136 valence electrons. The highest BCUT2D eigenvalue weighted by Crippen LogP contribution is 2.27. The molecule has 0 aliphatic carbocycles. The topological polar surface area (TPSA) is 61.8 Å². The second kappa shape index (κ2) is 7.21. The smallest absolute Gasteiger partial charge is 0.348 e. The Morgan fingerprint density at radius 2 is 1.64 bits per heavy atom. The molecule has 1 aromatic rings. The average molecular weight is 354 g/mol. The number of ether oxygens (including phenoxy) is 3. The van der Waals surface area contributed by atoms with Crippen LogP contribution < -0.4 is 4.74 Å². The number of rotatable bonds is 5. The molecule has 1 aromatic carbocycles. The van der Waals surface area contributed by atoms with Gasteiger partial charge in [-0.05, 0) is 36.1 Å². The number of halogens is 2. The standard InChI is InChI=1S/C18H20F2O5/c1-10(2)5-6-23-15-13(19)8-11(9-14(15)20)7-12-16(21)24-18(3,4)25-17(12)22/h7-10H,5-6H2,1-4H3. The van der Waals surface area contributed by atoms with E-state index < -0.39 is 40.7 Å². The molecule has 2 rings (SSSR count). The molecule has 1 aliphatic rings. The normalized spacial score (nSPS) is 16.5. The predicted octanol–water partition coefficient (Wildman–Crippen LogP) is 3.61. The molecule has 0 saturated carbocycles. The summed E-state index contributed by atoms with van der Waals surface area (Å²) >= 11 is 0. The Labute approximate surface area is 144 Å². The first-order chi connectivity index (χ1) is 11.6. The van der Waals surface area contributed by atoms with Gasteiger partial charge in [-0.3, -0.25) is 0 Å². The van der Waals surface area contributed by atoms with Gasteiger partial charge in [0.25, 0.3) is 5.79 Å². The van der Waals surface area contributed by atoms with Crippen molar-refractivity contribution in [1.29, 1.82) is 0 Å². The largest absolute Gasteiger partial charge is 0.488 e. The minimum absolute atomic E-state index is 0.0187. The number of carbonyl (C=O) groups is 2. The highest BCUT2D eigenvalue weighted by Gasteiger charge is 2.38. The van der Waals surface area contributed by atoms with Crippen LogP contribution in [-0.2, 0) is 19.1 Å². The number of hydrogen-bond acceptors (Lipinski definition) is 5.